The summed E-state index contributed by atoms with van der Waals surface area (Å²) in [5.74, 6) is 0.864. The summed E-state index contributed by atoms with van der Waals surface area (Å²) in [6, 6.07) is 10.6. The van der Waals surface area contributed by atoms with Crippen LogP contribution in [0, 0.1) is 13.8 Å². The molecular formula is C23H33N3O. The summed E-state index contributed by atoms with van der Waals surface area (Å²) < 4.78 is 0. The first kappa shape index (κ1) is 20.9. The maximum absolute atomic E-state index is 12.6. The monoisotopic (exact) mass is 367 g/mol. The van der Waals surface area contributed by atoms with Gasteiger partial charge >= 0.3 is 0 Å². The van der Waals surface area contributed by atoms with E-state index in [1.54, 1.807) is 6.20 Å². The minimum Gasteiger partial charge on any atom is -0.371 e. The Hall–Kier alpha value is -2.36. The molecule has 0 radical (unpaired) electrons. The van der Waals surface area contributed by atoms with Crippen molar-refractivity contribution in [1.82, 2.24) is 4.98 Å². The van der Waals surface area contributed by atoms with Gasteiger partial charge in [0, 0.05) is 30.5 Å². The van der Waals surface area contributed by atoms with E-state index in [9.17, 15) is 4.79 Å². The van der Waals surface area contributed by atoms with E-state index in [1.165, 1.54) is 16.8 Å². The molecule has 4 heteroatoms. The molecule has 1 saturated heterocycles. The van der Waals surface area contributed by atoms with Crippen LogP contribution in [0.4, 0.5) is 11.5 Å². The van der Waals surface area contributed by atoms with Gasteiger partial charge in [-0.05, 0) is 56.0 Å². The Bertz CT molecular complexity index is 777. The molecule has 1 amide bonds. The third-order valence-electron chi connectivity index (χ3n) is 5.46. The standard InChI is InChI=1S/C19H21N3O.2C2H6/c1-13-5-6-15(12-14(13)2)22-10-7-19(8-11-22)16-4-3-9-20-17(16)21-18(19)23;2*1-2/h3-6,9,12H,7-8,10-11H2,1-2H3,(H,20,21,23);2*1-2H3. The van der Waals surface area contributed by atoms with Gasteiger partial charge in [-0.3, -0.25) is 4.79 Å². The van der Waals surface area contributed by atoms with Crippen LogP contribution in [0.5, 0.6) is 0 Å². The SMILES string of the molecule is CC.CC.Cc1ccc(N2CCC3(CC2)C(=O)Nc2ncccc23)cc1C. The Labute approximate surface area is 164 Å². The second kappa shape index (κ2) is 9.03. The molecule has 2 aliphatic rings. The number of rotatable bonds is 1. The van der Waals surface area contributed by atoms with Crippen LogP contribution in [0.15, 0.2) is 36.5 Å². The molecular weight excluding hydrogens is 334 g/mol. The van der Waals surface area contributed by atoms with Gasteiger partial charge in [0.25, 0.3) is 0 Å². The predicted octanol–water partition coefficient (Wildman–Crippen LogP) is 5.24. The van der Waals surface area contributed by atoms with Gasteiger partial charge in [0.2, 0.25) is 5.91 Å². The number of nitrogens with zero attached hydrogens (tertiary/aromatic N) is 2. The number of anilines is 2. The molecule has 1 spiro atoms. The van der Waals surface area contributed by atoms with Crippen LogP contribution < -0.4 is 10.2 Å². The van der Waals surface area contributed by atoms with Crippen molar-refractivity contribution in [2.45, 2.75) is 59.8 Å². The Morgan fingerprint density at radius 2 is 1.67 bits per heavy atom. The number of aromatic nitrogens is 1. The normalized spacial score (nSPS) is 16.5. The highest BCUT2D eigenvalue weighted by molar-refractivity contribution is 6.05. The van der Waals surface area contributed by atoms with Crippen molar-refractivity contribution >= 4 is 17.4 Å². The molecule has 4 nitrogen and oxygen atoms in total. The zero-order chi connectivity index (χ0) is 20.0. The molecule has 3 heterocycles. The Kier molecular flexibility index (Phi) is 7.00. The van der Waals surface area contributed by atoms with Gasteiger partial charge in [0.1, 0.15) is 5.82 Å². The van der Waals surface area contributed by atoms with E-state index in [1.807, 2.05) is 39.8 Å². The number of hydrogen-bond acceptors (Lipinski definition) is 3. The van der Waals surface area contributed by atoms with Crippen molar-refractivity contribution in [3.8, 4) is 0 Å². The molecule has 0 aliphatic carbocycles. The van der Waals surface area contributed by atoms with Gasteiger partial charge in [-0.15, -0.1) is 0 Å². The molecule has 146 valence electrons. The molecule has 0 bridgehead atoms. The number of carbonyl (C=O) groups is 1. The lowest BCUT2D eigenvalue weighted by Crippen LogP contribution is -2.46. The van der Waals surface area contributed by atoms with Crippen LogP contribution in [0.25, 0.3) is 0 Å². The molecule has 1 N–H and O–H groups in total. The van der Waals surface area contributed by atoms with Crippen LogP contribution in [-0.2, 0) is 10.2 Å². The van der Waals surface area contributed by atoms with E-state index in [0.717, 1.165) is 37.3 Å². The van der Waals surface area contributed by atoms with Gasteiger partial charge in [-0.25, -0.2) is 4.98 Å². The first-order valence-electron chi connectivity index (χ1n) is 10.2. The maximum atomic E-state index is 12.6. The highest BCUT2D eigenvalue weighted by Crippen LogP contribution is 2.44. The third kappa shape index (κ3) is 3.85. The topological polar surface area (TPSA) is 45.2 Å². The Balaban J connectivity index is 0.000000614. The van der Waals surface area contributed by atoms with Crippen LogP contribution in [-0.4, -0.2) is 24.0 Å². The number of benzene rings is 1. The molecule has 0 saturated carbocycles. The minimum absolute atomic E-state index is 0.117. The largest absolute Gasteiger partial charge is 0.371 e. The summed E-state index contributed by atoms with van der Waals surface area (Å²) >= 11 is 0. The summed E-state index contributed by atoms with van der Waals surface area (Å²) in [4.78, 5) is 19.3. The number of nitrogens with one attached hydrogen (secondary N) is 1. The van der Waals surface area contributed by atoms with Gasteiger partial charge in [0.15, 0.2) is 0 Å². The van der Waals surface area contributed by atoms with E-state index in [4.69, 9.17) is 0 Å². The maximum Gasteiger partial charge on any atom is 0.236 e. The number of pyridine rings is 1. The number of fused-ring (bicyclic) bond motifs is 2. The predicted molar refractivity (Wildman–Crippen MR) is 115 cm³/mol. The van der Waals surface area contributed by atoms with Gasteiger partial charge in [-0.2, -0.15) is 0 Å². The highest BCUT2D eigenvalue weighted by Gasteiger charge is 2.48. The van der Waals surface area contributed by atoms with Gasteiger partial charge in [-0.1, -0.05) is 39.8 Å². The zero-order valence-electron chi connectivity index (χ0n) is 17.6. The highest BCUT2D eigenvalue weighted by atomic mass is 16.2. The van der Waals surface area contributed by atoms with E-state index >= 15 is 0 Å². The van der Waals surface area contributed by atoms with E-state index in [-0.39, 0.29) is 11.3 Å². The zero-order valence-corrected chi connectivity index (χ0v) is 17.6. The lowest BCUT2D eigenvalue weighted by Gasteiger charge is -2.39. The van der Waals surface area contributed by atoms with E-state index in [2.05, 4.69) is 47.2 Å². The first-order valence-corrected chi connectivity index (χ1v) is 10.2. The number of carbonyl (C=O) groups excluding carboxylic acids is 1. The van der Waals surface area contributed by atoms with Crippen LogP contribution in [0.1, 0.15) is 57.2 Å². The molecule has 0 unspecified atom stereocenters. The first-order chi connectivity index (χ1) is 13.1. The fourth-order valence-corrected chi connectivity index (χ4v) is 3.81. The molecule has 2 aliphatic heterocycles. The number of aryl methyl sites for hydroxylation is 2. The molecule has 4 rings (SSSR count). The van der Waals surface area contributed by atoms with Gasteiger partial charge in [0.05, 0.1) is 5.41 Å². The number of piperidine rings is 1. The fraction of sp³-hybridized carbons (Fsp3) is 0.478. The molecule has 2 aromatic rings. The van der Waals surface area contributed by atoms with Crippen LogP contribution in [0.3, 0.4) is 0 Å². The molecule has 1 aromatic heterocycles. The smallest absolute Gasteiger partial charge is 0.236 e. The van der Waals surface area contributed by atoms with Gasteiger partial charge < -0.3 is 10.2 Å². The lowest BCUT2D eigenvalue weighted by atomic mass is 9.74. The second-order valence-corrected chi connectivity index (χ2v) is 6.69. The van der Waals surface area contributed by atoms with E-state index in [0.29, 0.717) is 0 Å². The van der Waals surface area contributed by atoms with Crippen molar-refractivity contribution < 1.29 is 4.79 Å². The minimum atomic E-state index is -0.389. The van der Waals surface area contributed by atoms with Crippen molar-refractivity contribution in [1.29, 1.82) is 0 Å². The summed E-state index contributed by atoms with van der Waals surface area (Å²) in [5.41, 5.74) is 4.57. The van der Waals surface area contributed by atoms with Crippen LogP contribution in [0.2, 0.25) is 0 Å². The summed E-state index contributed by atoms with van der Waals surface area (Å²) in [6.07, 6.45) is 3.41. The molecule has 1 aromatic carbocycles. The average molecular weight is 368 g/mol. The van der Waals surface area contributed by atoms with Crippen molar-refractivity contribution in [2.24, 2.45) is 0 Å². The molecule has 27 heavy (non-hydrogen) atoms. The Morgan fingerprint density at radius 3 is 2.30 bits per heavy atom. The summed E-state index contributed by atoms with van der Waals surface area (Å²) in [6.45, 7) is 14.1. The van der Waals surface area contributed by atoms with Crippen molar-refractivity contribution in [2.75, 3.05) is 23.3 Å². The molecule has 0 atom stereocenters. The Morgan fingerprint density at radius 1 is 1.00 bits per heavy atom. The number of hydrogen-bond donors (Lipinski definition) is 1. The lowest BCUT2D eigenvalue weighted by molar-refractivity contribution is -0.121. The second-order valence-electron chi connectivity index (χ2n) is 6.69. The number of amides is 1. The summed E-state index contributed by atoms with van der Waals surface area (Å²) in [7, 11) is 0. The third-order valence-corrected chi connectivity index (χ3v) is 5.46. The molecule has 1 fully saturated rings. The quantitative estimate of drug-likeness (QED) is 0.749. The average Bonchev–Trinajstić information content (AvgIpc) is 2.99. The summed E-state index contributed by atoms with van der Waals surface area (Å²) in [5, 5.41) is 2.96. The fourth-order valence-electron chi connectivity index (χ4n) is 3.81. The van der Waals surface area contributed by atoms with E-state index < -0.39 is 0 Å². The van der Waals surface area contributed by atoms with Crippen molar-refractivity contribution in [3.63, 3.8) is 0 Å². The van der Waals surface area contributed by atoms with Crippen molar-refractivity contribution in [3.05, 3.63) is 53.2 Å². The van der Waals surface area contributed by atoms with Crippen LogP contribution >= 0.6 is 0 Å².